The van der Waals surface area contributed by atoms with Crippen molar-refractivity contribution in [2.45, 2.75) is 6.92 Å². The maximum absolute atomic E-state index is 11.1. The van der Waals surface area contributed by atoms with E-state index < -0.39 is 0 Å². The van der Waals surface area contributed by atoms with Crippen molar-refractivity contribution in [3.63, 3.8) is 0 Å². The van der Waals surface area contributed by atoms with E-state index in [2.05, 4.69) is 9.97 Å². The summed E-state index contributed by atoms with van der Waals surface area (Å²) in [5, 5.41) is 1.02. The third-order valence-corrected chi connectivity index (χ3v) is 2.12. The number of H-pyrrole nitrogens is 1. The van der Waals surface area contributed by atoms with Crippen LogP contribution in [-0.2, 0) is 9.53 Å². The number of nitrogens with one attached hydrogen (secondary N) is 1. The predicted octanol–water partition coefficient (Wildman–Crippen LogP) is 2.14. The van der Waals surface area contributed by atoms with E-state index >= 15 is 0 Å². The van der Waals surface area contributed by atoms with Gasteiger partial charge in [0.1, 0.15) is 5.65 Å². The first-order valence-corrected chi connectivity index (χ1v) is 5.07. The van der Waals surface area contributed by atoms with E-state index in [4.69, 9.17) is 4.74 Å². The van der Waals surface area contributed by atoms with Gasteiger partial charge < -0.3 is 9.72 Å². The molecular formula is C12H12N2O2. The van der Waals surface area contributed by atoms with Crippen LogP contribution in [0, 0.1) is 0 Å². The molecule has 2 rings (SSSR count). The van der Waals surface area contributed by atoms with Gasteiger partial charge in [0.2, 0.25) is 0 Å². The molecule has 2 aromatic rings. The molecule has 0 bridgehead atoms. The number of carbonyl (C=O) groups is 1. The summed E-state index contributed by atoms with van der Waals surface area (Å²) in [5.41, 5.74) is 1.72. The highest BCUT2D eigenvalue weighted by Gasteiger charge is 1.97. The summed E-state index contributed by atoms with van der Waals surface area (Å²) in [6, 6.07) is 3.89. The molecular weight excluding hydrogens is 204 g/mol. The predicted molar refractivity (Wildman–Crippen MR) is 61.8 cm³/mol. The number of pyridine rings is 1. The molecule has 0 radical (unpaired) electrons. The van der Waals surface area contributed by atoms with Crippen LogP contribution in [0.4, 0.5) is 0 Å². The van der Waals surface area contributed by atoms with Gasteiger partial charge in [-0.2, -0.15) is 0 Å². The Kier molecular flexibility index (Phi) is 3.00. The van der Waals surface area contributed by atoms with E-state index in [-0.39, 0.29) is 5.97 Å². The van der Waals surface area contributed by atoms with Crippen molar-refractivity contribution in [2.24, 2.45) is 0 Å². The number of rotatable bonds is 3. The standard InChI is InChI=1S/C12H12N2O2/c1-2-16-11(15)4-3-9-7-10-5-6-13-12(10)14-8-9/h3-8H,2H2,1H3,(H,13,14)/b4-3+. The number of ether oxygens (including phenoxy) is 1. The zero-order chi connectivity index (χ0) is 11.4. The van der Waals surface area contributed by atoms with E-state index in [0.29, 0.717) is 6.61 Å². The second kappa shape index (κ2) is 4.61. The molecule has 0 spiro atoms. The molecule has 0 unspecified atom stereocenters. The lowest BCUT2D eigenvalue weighted by atomic mass is 10.2. The van der Waals surface area contributed by atoms with Crippen LogP contribution in [0.15, 0.2) is 30.6 Å². The summed E-state index contributed by atoms with van der Waals surface area (Å²) in [6.07, 6.45) is 6.63. The van der Waals surface area contributed by atoms with Crippen molar-refractivity contribution in [3.8, 4) is 0 Å². The van der Waals surface area contributed by atoms with Crippen molar-refractivity contribution in [1.29, 1.82) is 0 Å². The molecule has 16 heavy (non-hydrogen) atoms. The number of aromatic nitrogens is 2. The monoisotopic (exact) mass is 216 g/mol. The molecule has 1 N–H and O–H groups in total. The van der Waals surface area contributed by atoms with Gasteiger partial charge in [-0.15, -0.1) is 0 Å². The maximum atomic E-state index is 11.1. The van der Waals surface area contributed by atoms with Crippen LogP contribution in [0.25, 0.3) is 17.1 Å². The smallest absolute Gasteiger partial charge is 0.330 e. The van der Waals surface area contributed by atoms with Gasteiger partial charge in [0.15, 0.2) is 0 Å². The summed E-state index contributed by atoms with van der Waals surface area (Å²) < 4.78 is 4.78. The van der Waals surface area contributed by atoms with E-state index in [1.807, 2.05) is 18.3 Å². The van der Waals surface area contributed by atoms with Crippen LogP contribution >= 0.6 is 0 Å². The molecule has 4 nitrogen and oxygen atoms in total. The molecule has 0 aliphatic rings. The molecule has 0 aromatic carbocycles. The topological polar surface area (TPSA) is 55.0 Å². The number of hydrogen-bond acceptors (Lipinski definition) is 3. The SMILES string of the molecule is CCOC(=O)/C=C/c1cnc2[nH]ccc2c1. The first-order chi connectivity index (χ1) is 7.79. The highest BCUT2D eigenvalue weighted by atomic mass is 16.5. The Morgan fingerprint density at radius 3 is 3.31 bits per heavy atom. The lowest BCUT2D eigenvalue weighted by molar-refractivity contribution is -0.137. The first-order valence-electron chi connectivity index (χ1n) is 5.07. The van der Waals surface area contributed by atoms with E-state index in [9.17, 15) is 4.79 Å². The third-order valence-electron chi connectivity index (χ3n) is 2.12. The Hall–Kier alpha value is -2.10. The minimum atomic E-state index is -0.336. The number of nitrogens with zero attached hydrogens (tertiary/aromatic N) is 1. The second-order valence-corrected chi connectivity index (χ2v) is 3.27. The Labute approximate surface area is 93.0 Å². The van der Waals surface area contributed by atoms with Crippen LogP contribution in [0.2, 0.25) is 0 Å². The number of fused-ring (bicyclic) bond motifs is 1. The average Bonchev–Trinajstić information content (AvgIpc) is 2.74. The molecule has 0 aliphatic carbocycles. The Bertz CT molecular complexity index is 529. The molecule has 2 aromatic heterocycles. The highest BCUT2D eigenvalue weighted by molar-refractivity contribution is 5.88. The number of carbonyl (C=O) groups excluding carboxylic acids is 1. The molecule has 0 saturated heterocycles. The highest BCUT2D eigenvalue weighted by Crippen LogP contribution is 2.12. The Morgan fingerprint density at radius 1 is 1.62 bits per heavy atom. The van der Waals surface area contributed by atoms with E-state index in [1.165, 1.54) is 6.08 Å². The first kappa shape index (κ1) is 10.4. The fraction of sp³-hybridized carbons (Fsp3) is 0.167. The van der Waals surface area contributed by atoms with Gasteiger partial charge in [0.05, 0.1) is 6.61 Å². The molecule has 0 aliphatic heterocycles. The minimum Gasteiger partial charge on any atom is -0.463 e. The zero-order valence-electron chi connectivity index (χ0n) is 8.93. The molecule has 4 heteroatoms. The van der Waals surface area contributed by atoms with Crippen molar-refractivity contribution in [2.75, 3.05) is 6.61 Å². The molecule has 0 amide bonds. The minimum absolute atomic E-state index is 0.336. The van der Waals surface area contributed by atoms with Gasteiger partial charge in [-0.1, -0.05) is 0 Å². The molecule has 0 fully saturated rings. The van der Waals surface area contributed by atoms with Crippen molar-refractivity contribution >= 4 is 23.1 Å². The van der Waals surface area contributed by atoms with Crippen LogP contribution < -0.4 is 0 Å². The largest absolute Gasteiger partial charge is 0.463 e. The number of hydrogen-bond donors (Lipinski definition) is 1. The summed E-state index contributed by atoms with van der Waals surface area (Å²) in [4.78, 5) is 18.3. The fourth-order valence-electron chi connectivity index (χ4n) is 1.40. The summed E-state index contributed by atoms with van der Waals surface area (Å²) in [7, 11) is 0. The molecule has 82 valence electrons. The van der Waals surface area contributed by atoms with Crippen LogP contribution in [0.5, 0.6) is 0 Å². The summed E-state index contributed by atoms with van der Waals surface area (Å²) in [5.74, 6) is -0.336. The molecule has 0 saturated carbocycles. The van der Waals surface area contributed by atoms with Gasteiger partial charge in [-0.3, -0.25) is 0 Å². The lowest BCUT2D eigenvalue weighted by Crippen LogP contribution is -1.98. The average molecular weight is 216 g/mol. The zero-order valence-corrected chi connectivity index (χ0v) is 8.93. The van der Waals surface area contributed by atoms with Crippen molar-refractivity contribution in [1.82, 2.24) is 9.97 Å². The number of esters is 1. The third kappa shape index (κ3) is 2.28. The lowest BCUT2D eigenvalue weighted by Gasteiger charge is -1.95. The Morgan fingerprint density at radius 2 is 2.50 bits per heavy atom. The summed E-state index contributed by atoms with van der Waals surface area (Å²) in [6.45, 7) is 2.16. The van der Waals surface area contributed by atoms with Gasteiger partial charge in [-0.25, -0.2) is 9.78 Å². The van der Waals surface area contributed by atoms with E-state index in [0.717, 1.165) is 16.6 Å². The van der Waals surface area contributed by atoms with Crippen LogP contribution in [-0.4, -0.2) is 22.5 Å². The quantitative estimate of drug-likeness (QED) is 0.631. The van der Waals surface area contributed by atoms with Crippen LogP contribution in [0.3, 0.4) is 0 Å². The maximum Gasteiger partial charge on any atom is 0.330 e. The second-order valence-electron chi connectivity index (χ2n) is 3.27. The molecule has 2 heterocycles. The Balaban J connectivity index is 2.17. The van der Waals surface area contributed by atoms with E-state index in [1.54, 1.807) is 19.2 Å². The van der Waals surface area contributed by atoms with Crippen molar-refractivity contribution < 1.29 is 9.53 Å². The van der Waals surface area contributed by atoms with Gasteiger partial charge in [0, 0.05) is 23.9 Å². The van der Waals surface area contributed by atoms with Crippen LogP contribution in [0.1, 0.15) is 12.5 Å². The van der Waals surface area contributed by atoms with Crippen molar-refractivity contribution in [3.05, 3.63) is 36.2 Å². The van der Waals surface area contributed by atoms with Gasteiger partial charge >= 0.3 is 5.97 Å². The van der Waals surface area contributed by atoms with Gasteiger partial charge in [0.25, 0.3) is 0 Å². The number of aromatic amines is 1. The summed E-state index contributed by atoms with van der Waals surface area (Å²) >= 11 is 0. The molecule has 0 atom stereocenters. The van der Waals surface area contributed by atoms with Gasteiger partial charge in [-0.05, 0) is 30.7 Å². The normalized spacial score (nSPS) is 11.1. The fourth-order valence-corrected chi connectivity index (χ4v) is 1.40.